The molecule has 0 saturated heterocycles. The molecule has 0 aromatic heterocycles. The number of carbonyl (C=O) groups is 3. The van der Waals surface area contributed by atoms with Crippen LogP contribution in [0.3, 0.4) is 0 Å². The SMILES string of the molecule is CCOC1=C([C@@]2(NC(=O)OC(C)(C)C)C(=O)N(C)c3c(Br)cccc32)C(=O)CO1. The van der Waals surface area contributed by atoms with Gasteiger partial charge in [0.15, 0.2) is 12.1 Å². The smallest absolute Gasteiger partial charge is 0.409 e. The first kappa shape index (κ1) is 21.2. The molecule has 0 aliphatic carbocycles. The largest absolute Gasteiger partial charge is 0.465 e. The third-order valence-electron chi connectivity index (χ3n) is 4.51. The van der Waals surface area contributed by atoms with Crippen LogP contribution in [-0.2, 0) is 29.3 Å². The minimum absolute atomic E-state index is 0.0427. The highest BCUT2D eigenvalue weighted by molar-refractivity contribution is 9.10. The van der Waals surface area contributed by atoms with Crippen LogP contribution in [0.4, 0.5) is 10.5 Å². The van der Waals surface area contributed by atoms with Gasteiger partial charge in [0.05, 0.1) is 12.3 Å². The Hall–Kier alpha value is -2.55. The standard InChI is InChI=1S/C20H23BrN2O6/c1-6-27-16-14(13(24)10-28-16)20(22-18(26)29-19(2,3)4)11-8-7-9-12(21)15(11)23(5)17(20)25/h7-9H,6,10H2,1-5H3,(H,22,26)/t20-/m1/s1. The molecule has 0 saturated carbocycles. The number of likely N-dealkylation sites (N-methyl/N-ethyl adjacent to an activating group) is 1. The third-order valence-corrected chi connectivity index (χ3v) is 5.15. The minimum atomic E-state index is -1.83. The lowest BCUT2D eigenvalue weighted by Crippen LogP contribution is -2.56. The van der Waals surface area contributed by atoms with E-state index in [1.165, 1.54) is 4.90 Å². The average Bonchev–Trinajstić information content (AvgIpc) is 3.06. The quantitative estimate of drug-likeness (QED) is 0.732. The number of amides is 2. The van der Waals surface area contributed by atoms with Crippen LogP contribution >= 0.6 is 15.9 Å². The molecule has 1 aromatic carbocycles. The van der Waals surface area contributed by atoms with Gasteiger partial charge in [-0.2, -0.15) is 0 Å². The van der Waals surface area contributed by atoms with Crippen LogP contribution in [0.25, 0.3) is 0 Å². The summed E-state index contributed by atoms with van der Waals surface area (Å²) in [7, 11) is 1.58. The zero-order valence-electron chi connectivity index (χ0n) is 16.9. The Morgan fingerprint density at radius 3 is 2.66 bits per heavy atom. The van der Waals surface area contributed by atoms with Gasteiger partial charge < -0.3 is 19.1 Å². The van der Waals surface area contributed by atoms with Crippen molar-refractivity contribution in [3.8, 4) is 0 Å². The fourth-order valence-electron chi connectivity index (χ4n) is 3.51. The van der Waals surface area contributed by atoms with E-state index in [4.69, 9.17) is 14.2 Å². The number of nitrogens with one attached hydrogen (secondary N) is 1. The Morgan fingerprint density at radius 2 is 2.03 bits per heavy atom. The van der Waals surface area contributed by atoms with Gasteiger partial charge in [-0.15, -0.1) is 0 Å². The summed E-state index contributed by atoms with van der Waals surface area (Å²) in [6.07, 6.45) is -0.838. The first-order valence-electron chi connectivity index (χ1n) is 9.14. The molecule has 1 atom stereocenters. The Kier molecular flexibility index (Phi) is 5.38. The Morgan fingerprint density at radius 1 is 1.34 bits per heavy atom. The van der Waals surface area contributed by atoms with E-state index in [-0.39, 0.29) is 24.7 Å². The maximum atomic E-state index is 13.6. The van der Waals surface area contributed by atoms with Gasteiger partial charge in [0.25, 0.3) is 11.9 Å². The Bertz CT molecular complexity index is 920. The van der Waals surface area contributed by atoms with Gasteiger partial charge in [-0.25, -0.2) is 4.79 Å². The molecule has 29 heavy (non-hydrogen) atoms. The second kappa shape index (κ2) is 7.37. The van der Waals surface area contributed by atoms with E-state index in [0.29, 0.717) is 15.7 Å². The molecule has 2 aliphatic rings. The normalized spacial score (nSPS) is 21.2. The fraction of sp³-hybridized carbons (Fsp3) is 0.450. The number of Topliss-reactive ketones (excluding diaryl/α,β-unsaturated/α-hetero) is 1. The van der Waals surface area contributed by atoms with Gasteiger partial charge in [0.1, 0.15) is 11.2 Å². The van der Waals surface area contributed by atoms with Gasteiger partial charge >= 0.3 is 6.09 Å². The average molecular weight is 467 g/mol. The number of halogens is 1. The van der Waals surface area contributed by atoms with E-state index in [0.717, 1.165) is 0 Å². The van der Waals surface area contributed by atoms with Crippen molar-refractivity contribution in [2.75, 3.05) is 25.2 Å². The van der Waals surface area contributed by atoms with E-state index in [1.54, 1.807) is 52.9 Å². The Balaban J connectivity index is 2.26. The van der Waals surface area contributed by atoms with Crippen molar-refractivity contribution in [2.45, 2.75) is 38.8 Å². The number of carbonyl (C=O) groups excluding carboxylic acids is 3. The highest BCUT2D eigenvalue weighted by Crippen LogP contribution is 2.49. The summed E-state index contributed by atoms with van der Waals surface area (Å²) in [5.74, 6) is -1.03. The number of hydrogen-bond acceptors (Lipinski definition) is 6. The molecular weight excluding hydrogens is 444 g/mol. The second-order valence-corrected chi connectivity index (χ2v) is 8.54. The highest BCUT2D eigenvalue weighted by atomic mass is 79.9. The van der Waals surface area contributed by atoms with E-state index in [1.807, 2.05) is 0 Å². The number of nitrogens with zero attached hydrogens (tertiary/aromatic N) is 1. The molecule has 0 fully saturated rings. The third kappa shape index (κ3) is 3.48. The molecule has 156 valence electrons. The second-order valence-electron chi connectivity index (χ2n) is 7.68. The molecule has 0 spiro atoms. The number of ketones is 1. The van der Waals surface area contributed by atoms with Crippen LogP contribution in [0.1, 0.15) is 33.3 Å². The van der Waals surface area contributed by atoms with Crippen LogP contribution in [0.15, 0.2) is 34.2 Å². The lowest BCUT2D eigenvalue weighted by molar-refractivity contribution is -0.125. The molecule has 0 unspecified atom stereocenters. The lowest BCUT2D eigenvalue weighted by Gasteiger charge is -2.31. The maximum absolute atomic E-state index is 13.6. The summed E-state index contributed by atoms with van der Waals surface area (Å²) in [6, 6.07) is 5.18. The van der Waals surface area contributed by atoms with E-state index >= 15 is 0 Å². The molecular formula is C20H23BrN2O6. The molecule has 0 bridgehead atoms. The summed E-state index contributed by atoms with van der Waals surface area (Å²) in [6.45, 7) is 6.81. The van der Waals surface area contributed by atoms with Crippen molar-refractivity contribution in [1.29, 1.82) is 0 Å². The highest BCUT2D eigenvalue weighted by Gasteiger charge is 2.60. The number of anilines is 1. The molecule has 0 radical (unpaired) electrons. The predicted molar refractivity (Wildman–Crippen MR) is 108 cm³/mol. The van der Waals surface area contributed by atoms with Gasteiger partial charge in [0, 0.05) is 17.1 Å². The van der Waals surface area contributed by atoms with E-state index < -0.39 is 28.9 Å². The molecule has 2 heterocycles. The summed E-state index contributed by atoms with van der Waals surface area (Å²) in [5.41, 5.74) is -1.70. The van der Waals surface area contributed by atoms with Crippen molar-refractivity contribution in [1.82, 2.24) is 5.32 Å². The summed E-state index contributed by atoms with van der Waals surface area (Å²) in [4.78, 5) is 40.5. The molecule has 2 aliphatic heterocycles. The van der Waals surface area contributed by atoms with Gasteiger partial charge in [-0.3, -0.25) is 14.9 Å². The molecule has 8 nitrogen and oxygen atoms in total. The van der Waals surface area contributed by atoms with Crippen LogP contribution in [0, 0.1) is 0 Å². The van der Waals surface area contributed by atoms with Crippen LogP contribution in [-0.4, -0.2) is 43.6 Å². The van der Waals surface area contributed by atoms with Crippen molar-refractivity contribution >= 4 is 39.4 Å². The van der Waals surface area contributed by atoms with Crippen LogP contribution in [0.5, 0.6) is 0 Å². The zero-order valence-corrected chi connectivity index (χ0v) is 18.5. The van der Waals surface area contributed by atoms with Gasteiger partial charge in [0.2, 0.25) is 5.78 Å². The summed E-state index contributed by atoms with van der Waals surface area (Å²) < 4.78 is 16.9. The number of hydrogen-bond donors (Lipinski definition) is 1. The van der Waals surface area contributed by atoms with E-state index in [9.17, 15) is 14.4 Å². The first-order valence-corrected chi connectivity index (χ1v) is 9.94. The first-order chi connectivity index (χ1) is 13.5. The molecule has 2 amide bonds. The van der Waals surface area contributed by atoms with E-state index in [2.05, 4.69) is 21.2 Å². The van der Waals surface area contributed by atoms with Gasteiger partial charge in [-0.1, -0.05) is 12.1 Å². The number of ether oxygens (including phenoxy) is 3. The molecule has 3 rings (SSSR count). The predicted octanol–water partition coefficient (Wildman–Crippen LogP) is 2.99. The van der Waals surface area contributed by atoms with Crippen LogP contribution < -0.4 is 10.2 Å². The van der Waals surface area contributed by atoms with Gasteiger partial charge in [-0.05, 0) is 49.7 Å². The monoisotopic (exact) mass is 466 g/mol. The topological polar surface area (TPSA) is 94.2 Å². The van der Waals surface area contributed by atoms with Crippen LogP contribution in [0.2, 0.25) is 0 Å². The minimum Gasteiger partial charge on any atom is -0.465 e. The summed E-state index contributed by atoms with van der Waals surface area (Å²) >= 11 is 3.45. The zero-order chi connectivity index (χ0) is 21.6. The maximum Gasteiger partial charge on any atom is 0.409 e. The number of benzene rings is 1. The number of fused-ring (bicyclic) bond motifs is 1. The molecule has 9 heteroatoms. The lowest BCUT2D eigenvalue weighted by atomic mass is 9.82. The van der Waals surface area contributed by atoms with Crippen molar-refractivity contribution in [2.24, 2.45) is 0 Å². The molecule has 1 aromatic rings. The number of para-hydroxylation sites is 1. The van der Waals surface area contributed by atoms with Crippen molar-refractivity contribution in [3.05, 3.63) is 39.8 Å². The van der Waals surface area contributed by atoms with Crippen molar-refractivity contribution in [3.63, 3.8) is 0 Å². The van der Waals surface area contributed by atoms with Crippen molar-refractivity contribution < 1.29 is 28.6 Å². The summed E-state index contributed by atoms with van der Waals surface area (Å²) in [5, 5.41) is 2.66. The number of alkyl carbamates (subject to hydrolysis) is 1. The molecule has 1 N–H and O–H groups in total. The number of rotatable bonds is 4. The Labute approximate surface area is 177 Å². The fourth-order valence-corrected chi connectivity index (χ4v) is 4.14.